The van der Waals surface area contributed by atoms with Gasteiger partial charge < -0.3 is 10.5 Å². The van der Waals surface area contributed by atoms with Gasteiger partial charge in [0.25, 0.3) is 0 Å². The van der Waals surface area contributed by atoms with E-state index in [-0.39, 0.29) is 19.0 Å². The molecule has 0 aromatic carbocycles. The summed E-state index contributed by atoms with van der Waals surface area (Å²) < 4.78 is 41.4. The summed E-state index contributed by atoms with van der Waals surface area (Å²) in [4.78, 5) is 3.61. The van der Waals surface area contributed by atoms with Crippen molar-refractivity contribution in [1.82, 2.24) is 4.98 Å². The molecule has 2 N–H and O–H groups in total. The van der Waals surface area contributed by atoms with Crippen LogP contribution in [0.15, 0.2) is 18.3 Å². The van der Waals surface area contributed by atoms with Crippen LogP contribution in [-0.2, 0) is 6.18 Å². The number of hydrogen-bond acceptors (Lipinski definition) is 3. The van der Waals surface area contributed by atoms with E-state index < -0.39 is 11.7 Å². The van der Waals surface area contributed by atoms with Gasteiger partial charge in [0.05, 0.1) is 5.56 Å². The average Bonchev–Trinajstić information content (AvgIpc) is 2.14. The summed E-state index contributed by atoms with van der Waals surface area (Å²) in [6, 6.07) is 1.73. The first kappa shape index (κ1) is 10.8. The van der Waals surface area contributed by atoms with Crippen molar-refractivity contribution in [3.63, 3.8) is 0 Å². The van der Waals surface area contributed by atoms with Gasteiger partial charge in [0.1, 0.15) is 6.61 Å². The van der Waals surface area contributed by atoms with Crippen LogP contribution in [0.1, 0.15) is 5.56 Å². The summed E-state index contributed by atoms with van der Waals surface area (Å²) in [5.41, 5.74) is 4.35. The second-order valence-electron chi connectivity index (χ2n) is 2.52. The summed E-state index contributed by atoms with van der Waals surface area (Å²) in [7, 11) is 0. The van der Waals surface area contributed by atoms with Gasteiger partial charge >= 0.3 is 6.18 Å². The average molecular weight is 206 g/mol. The monoisotopic (exact) mass is 206 g/mol. The Bertz CT molecular complexity index is 301. The molecular formula is C8H9F3N2O. The molecule has 0 spiro atoms. The van der Waals surface area contributed by atoms with Crippen LogP contribution in [0.3, 0.4) is 0 Å². The van der Waals surface area contributed by atoms with Crippen molar-refractivity contribution in [3.8, 4) is 5.88 Å². The molecule has 1 rings (SSSR count). The second-order valence-corrected chi connectivity index (χ2v) is 2.52. The molecule has 0 amide bonds. The molecule has 0 aliphatic carbocycles. The van der Waals surface area contributed by atoms with Gasteiger partial charge in [-0.3, -0.25) is 0 Å². The fourth-order valence-corrected chi connectivity index (χ4v) is 0.828. The largest absolute Gasteiger partial charge is 0.476 e. The van der Waals surface area contributed by atoms with Crippen molar-refractivity contribution in [3.05, 3.63) is 23.9 Å². The van der Waals surface area contributed by atoms with E-state index in [0.717, 1.165) is 18.3 Å². The number of halogens is 3. The Morgan fingerprint density at radius 2 is 2.14 bits per heavy atom. The van der Waals surface area contributed by atoms with Gasteiger partial charge in [-0.25, -0.2) is 4.98 Å². The van der Waals surface area contributed by atoms with Crippen LogP contribution in [0, 0.1) is 0 Å². The highest BCUT2D eigenvalue weighted by molar-refractivity contribution is 5.22. The Morgan fingerprint density at radius 3 is 2.71 bits per heavy atom. The zero-order valence-corrected chi connectivity index (χ0v) is 7.21. The fourth-order valence-electron chi connectivity index (χ4n) is 0.828. The van der Waals surface area contributed by atoms with Crippen molar-refractivity contribution in [2.45, 2.75) is 6.18 Å². The quantitative estimate of drug-likeness (QED) is 0.813. The smallest absolute Gasteiger partial charge is 0.416 e. The van der Waals surface area contributed by atoms with Gasteiger partial charge in [-0.15, -0.1) is 0 Å². The highest BCUT2D eigenvalue weighted by Crippen LogP contribution is 2.30. The van der Waals surface area contributed by atoms with Gasteiger partial charge in [0.2, 0.25) is 5.88 Å². The third-order valence-corrected chi connectivity index (χ3v) is 1.43. The second kappa shape index (κ2) is 4.28. The van der Waals surface area contributed by atoms with Crippen LogP contribution < -0.4 is 10.5 Å². The van der Waals surface area contributed by atoms with Crippen LogP contribution in [0.4, 0.5) is 13.2 Å². The van der Waals surface area contributed by atoms with Crippen molar-refractivity contribution >= 4 is 0 Å². The molecule has 1 aromatic rings. The van der Waals surface area contributed by atoms with Crippen molar-refractivity contribution < 1.29 is 17.9 Å². The molecule has 0 fully saturated rings. The zero-order chi connectivity index (χ0) is 10.6. The third-order valence-electron chi connectivity index (χ3n) is 1.43. The van der Waals surface area contributed by atoms with Crippen LogP contribution in [-0.4, -0.2) is 18.1 Å². The molecule has 0 aliphatic heterocycles. The highest BCUT2D eigenvalue weighted by Gasteiger charge is 2.30. The molecule has 3 nitrogen and oxygen atoms in total. The van der Waals surface area contributed by atoms with E-state index in [2.05, 4.69) is 4.98 Å². The normalized spacial score (nSPS) is 11.4. The maximum absolute atomic E-state index is 12.2. The molecule has 0 unspecified atom stereocenters. The Kier molecular flexibility index (Phi) is 3.29. The van der Waals surface area contributed by atoms with Crippen molar-refractivity contribution in [1.29, 1.82) is 0 Å². The number of hydrogen-bond donors (Lipinski definition) is 1. The van der Waals surface area contributed by atoms with Crippen LogP contribution >= 0.6 is 0 Å². The molecular weight excluding hydrogens is 197 g/mol. The van der Waals surface area contributed by atoms with Crippen molar-refractivity contribution in [2.24, 2.45) is 5.73 Å². The maximum Gasteiger partial charge on any atom is 0.416 e. The number of rotatable bonds is 3. The number of nitrogens with two attached hydrogens (primary N) is 1. The molecule has 6 heteroatoms. The summed E-state index contributed by atoms with van der Waals surface area (Å²) in [6.07, 6.45) is -3.32. The molecule has 1 heterocycles. The molecule has 0 saturated carbocycles. The van der Waals surface area contributed by atoms with E-state index >= 15 is 0 Å². The van der Waals surface area contributed by atoms with Crippen LogP contribution in [0.2, 0.25) is 0 Å². The topological polar surface area (TPSA) is 48.1 Å². The Balaban J connectivity index is 2.79. The number of ether oxygens (including phenoxy) is 1. The van der Waals surface area contributed by atoms with Crippen molar-refractivity contribution in [2.75, 3.05) is 13.2 Å². The standard InChI is InChI=1S/C8H9F3N2O/c9-8(10,11)6-1-3-13-7(5-6)14-4-2-12/h1,3,5H,2,4,12H2. The molecule has 78 valence electrons. The van der Waals surface area contributed by atoms with Gasteiger partial charge in [0.15, 0.2) is 0 Å². The lowest BCUT2D eigenvalue weighted by Gasteiger charge is -2.08. The van der Waals surface area contributed by atoms with Gasteiger partial charge in [-0.2, -0.15) is 13.2 Å². The van der Waals surface area contributed by atoms with Gasteiger partial charge in [-0.05, 0) is 6.07 Å². The van der Waals surface area contributed by atoms with Crippen LogP contribution in [0.5, 0.6) is 5.88 Å². The van der Waals surface area contributed by atoms with E-state index in [1.54, 1.807) is 0 Å². The summed E-state index contributed by atoms with van der Waals surface area (Å²) in [6.45, 7) is 0.381. The minimum absolute atomic E-state index is 0.0646. The minimum atomic E-state index is -4.37. The Hall–Kier alpha value is -1.30. The van der Waals surface area contributed by atoms with Gasteiger partial charge in [-0.1, -0.05) is 0 Å². The Labute approximate surface area is 78.7 Å². The maximum atomic E-state index is 12.2. The van der Waals surface area contributed by atoms with E-state index in [9.17, 15) is 13.2 Å². The molecule has 0 saturated heterocycles. The molecule has 0 aliphatic rings. The summed E-state index contributed by atoms with van der Waals surface area (Å²) in [5.74, 6) is -0.0646. The lowest BCUT2D eigenvalue weighted by atomic mass is 10.2. The molecule has 1 aromatic heterocycles. The summed E-state index contributed by atoms with van der Waals surface area (Å²) in [5, 5.41) is 0. The number of alkyl halides is 3. The predicted molar refractivity (Wildman–Crippen MR) is 43.8 cm³/mol. The molecule has 14 heavy (non-hydrogen) atoms. The number of aromatic nitrogens is 1. The minimum Gasteiger partial charge on any atom is -0.476 e. The van der Waals surface area contributed by atoms with E-state index in [0.29, 0.717) is 0 Å². The Morgan fingerprint density at radius 1 is 1.43 bits per heavy atom. The van der Waals surface area contributed by atoms with Crippen LogP contribution in [0.25, 0.3) is 0 Å². The highest BCUT2D eigenvalue weighted by atomic mass is 19.4. The lowest BCUT2D eigenvalue weighted by Crippen LogP contribution is -2.12. The van der Waals surface area contributed by atoms with E-state index in [1.807, 2.05) is 0 Å². The zero-order valence-electron chi connectivity index (χ0n) is 7.21. The first-order valence-corrected chi connectivity index (χ1v) is 3.90. The van der Waals surface area contributed by atoms with E-state index in [1.165, 1.54) is 0 Å². The lowest BCUT2D eigenvalue weighted by molar-refractivity contribution is -0.137. The number of pyridine rings is 1. The number of nitrogens with zero attached hydrogens (tertiary/aromatic N) is 1. The molecule has 0 atom stereocenters. The third kappa shape index (κ3) is 2.88. The predicted octanol–water partition coefficient (Wildman–Crippen LogP) is 1.44. The summed E-state index contributed by atoms with van der Waals surface area (Å²) >= 11 is 0. The molecule has 0 bridgehead atoms. The molecule has 0 radical (unpaired) electrons. The first-order valence-electron chi connectivity index (χ1n) is 3.90. The first-order chi connectivity index (χ1) is 6.54. The fraction of sp³-hybridized carbons (Fsp3) is 0.375. The SMILES string of the molecule is NCCOc1cc(C(F)(F)F)ccn1. The van der Waals surface area contributed by atoms with Gasteiger partial charge in [0, 0.05) is 18.8 Å². The van der Waals surface area contributed by atoms with E-state index in [4.69, 9.17) is 10.5 Å².